The Hall–Kier alpha value is -2.69. The number of para-hydroxylation sites is 1. The lowest BCUT2D eigenvalue weighted by molar-refractivity contribution is -0.129. The van der Waals surface area contributed by atoms with Crippen molar-refractivity contribution in [3.8, 4) is 0 Å². The summed E-state index contributed by atoms with van der Waals surface area (Å²) in [5.41, 5.74) is 5.10. The van der Waals surface area contributed by atoms with Crippen molar-refractivity contribution in [2.45, 2.75) is 26.8 Å². The number of aromatic nitrogens is 3. The monoisotopic (exact) mass is 322 g/mol. The summed E-state index contributed by atoms with van der Waals surface area (Å²) in [6.07, 6.45) is 4.09. The van der Waals surface area contributed by atoms with E-state index in [1.807, 2.05) is 45.4 Å². The van der Waals surface area contributed by atoms with Crippen LogP contribution in [0.1, 0.15) is 22.4 Å². The number of nitrogens with zero attached hydrogens (tertiary/aromatic N) is 4. The fourth-order valence-electron chi connectivity index (χ4n) is 3.03. The predicted molar refractivity (Wildman–Crippen MR) is 94.6 cm³/mol. The quantitative estimate of drug-likeness (QED) is 0.742. The summed E-state index contributed by atoms with van der Waals surface area (Å²) in [5.74, 6) is 0.0853. The molecule has 5 nitrogen and oxygen atoms in total. The molecule has 0 aliphatic rings. The number of carbonyl (C=O) groups excluding carboxylic acids is 1. The van der Waals surface area contributed by atoms with E-state index in [-0.39, 0.29) is 5.91 Å². The van der Waals surface area contributed by atoms with Crippen LogP contribution in [0.15, 0.2) is 36.7 Å². The fourth-order valence-corrected chi connectivity index (χ4v) is 3.03. The average Bonchev–Trinajstić information content (AvgIpc) is 2.96. The van der Waals surface area contributed by atoms with E-state index in [9.17, 15) is 4.79 Å². The van der Waals surface area contributed by atoms with E-state index in [1.54, 1.807) is 15.8 Å². The van der Waals surface area contributed by atoms with Gasteiger partial charge in [-0.2, -0.15) is 5.10 Å². The zero-order chi connectivity index (χ0) is 17.3. The van der Waals surface area contributed by atoms with E-state index in [2.05, 4.69) is 23.1 Å². The highest BCUT2D eigenvalue weighted by molar-refractivity contribution is 5.86. The minimum atomic E-state index is 0.0853. The minimum Gasteiger partial charge on any atom is -0.341 e. The summed E-state index contributed by atoms with van der Waals surface area (Å²) in [5, 5.41) is 5.26. The van der Waals surface area contributed by atoms with Crippen LogP contribution in [0.3, 0.4) is 0 Å². The number of carbonyl (C=O) groups is 1. The summed E-state index contributed by atoms with van der Waals surface area (Å²) in [7, 11) is 3.70. The van der Waals surface area contributed by atoms with Crippen molar-refractivity contribution in [1.29, 1.82) is 0 Å². The first-order valence-corrected chi connectivity index (χ1v) is 8.02. The van der Waals surface area contributed by atoms with Gasteiger partial charge in [-0.15, -0.1) is 0 Å². The number of aryl methyl sites for hydroxylation is 3. The highest BCUT2D eigenvalue weighted by Gasteiger charge is 2.16. The van der Waals surface area contributed by atoms with Crippen LogP contribution in [-0.4, -0.2) is 32.6 Å². The van der Waals surface area contributed by atoms with Crippen LogP contribution in [0.25, 0.3) is 10.9 Å². The van der Waals surface area contributed by atoms with Gasteiger partial charge in [0.2, 0.25) is 5.91 Å². The maximum atomic E-state index is 12.6. The van der Waals surface area contributed by atoms with Crippen molar-refractivity contribution in [1.82, 2.24) is 19.7 Å². The first-order chi connectivity index (χ1) is 11.5. The Morgan fingerprint density at radius 1 is 1.25 bits per heavy atom. The van der Waals surface area contributed by atoms with Gasteiger partial charge in [0.1, 0.15) is 0 Å². The maximum absolute atomic E-state index is 12.6. The third kappa shape index (κ3) is 3.15. The van der Waals surface area contributed by atoms with Crippen LogP contribution >= 0.6 is 0 Å². The Morgan fingerprint density at radius 2 is 2.00 bits per heavy atom. The molecule has 0 aliphatic heterocycles. The third-order valence-corrected chi connectivity index (χ3v) is 4.42. The second kappa shape index (κ2) is 6.43. The number of benzene rings is 1. The van der Waals surface area contributed by atoms with Crippen LogP contribution in [0.4, 0.5) is 0 Å². The summed E-state index contributed by atoms with van der Waals surface area (Å²) in [6.45, 7) is 4.61. The topological polar surface area (TPSA) is 51.0 Å². The fraction of sp³-hybridized carbons (Fsp3) is 0.316. The summed E-state index contributed by atoms with van der Waals surface area (Å²) >= 11 is 0. The van der Waals surface area contributed by atoms with E-state index in [1.165, 1.54) is 0 Å². The van der Waals surface area contributed by atoms with Gasteiger partial charge >= 0.3 is 0 Å². The lowest BCUT2D eigenvalue weighted by Crippen LogP contribution is -2.28. The van der Waals surface area contributed by atoms with Crippen molar-refractivity contribution in [3.05, 3.63) is 59.0 Å². The van der Waals surface area contributed by atoms with Crippen LogP contribution in [0.2, 0.25) is 0 Å². The van der Waals surface area contributed by atoms with Crippen LogP contribution < -0.4 is 0 Å². The first-order valence-electron chi connectivity index (χ1n) is 8.02. The molecule has 0 radical (unpaired) electrons. The van der Waals surface area contributed by atoms with Crippen molar-refractivity contribution in [3.63, 3.8) is 0 Å². The highest BCUT2D eigenvalue weighted by Crippen LogP contribution is 2.23. The SMILES string of the molecule is Cc1nc2ccccc2c(C)c1CC(=O)N(C)Cc1cnn(C)c1. The molecule has 24 heavy (non-hydrogen) atoms. The lowest BCUT2D eigenvalue weighted by Gasteiger charge is -2.18. The van der Waals surface area contributed by atoms with Gasteiger partial charge in [0, 0.05) is 43.5 Å². The molecule has 0 saturated carbocycles. The molecule has 0 fully saturated rings. The Morgan fingerprint density at radius 3 is 2.71 bits per heavy atom. The molecule has 0 saturated heterocycles. The van der Waals surface area contributed by atoms with Crippen molar-refractivity contribution < 1.29 is 4.79 Å². The Labute approximate surface area is 141 Å². The number of hydrogen-bond acceptors (Lipinski definition) is 3. The van der Waals surface area contributed by atoms with Crippen LogP contribution in [-0.2, 0) is 24.8 Å². The van der Waals surface area contributed by atoms with Gasteiger partial charge in [-0.25, -0.2) is 0 Å². The molecule has 0 bridgehead atoms. The van der Waals surface area contributed by atoms with Crippen molar-refractivity contribution in [2.24, 2.45) is 7.05 Å². The van der Waals surface area contributed by atoms with Crippen LogP contribution in [0, 0.1) is 13.8 Å². The normalized spacial score (nSPS) is 11.0. The standard InChI is InChI=1S/C19H22N4O/c1-13-16-7-5-6-8-18(16)21-14(2)17(13)9-19(24)22(3)11-15-10-20-23(4)12-15/h5-8,10,12H,9,11H2,1-4H3. The lowest BCUT2D eigenvalue weighted by atomic mass is 9.99. The largest absolute Gasteiger partial charge is 0.341 e. The molecule has 124 valence electrons. The van der Waals surface area contributed by atoms with Crippen molar-refractivity contribution >= 4 is 16.8 Å². The molecule has 0 unspecified atom stereocenters. The number of rotatable bonds is 4. The molecule has 0 aliphatic carbocycles. The summed E-state index contributed by atoms with van der Waals surface area (Å²) in [4.78, 5) is 19.0. The third-order valence-electron chi connectivity index (χ3n) is 4.42. The molecule has 3 aromatic rings. The Bertz CT molecular complexity index is 898. The van der Waals surface area contributed by atoms with Gasteiger partial charge in [-0.3, -0.25) is 14.5 Å². The molecule has 5 heteroatoms. The van der Waals surface area contributed by atoms with E-state index < -0.39 is 0 Å². The number of fused-ring (bicyclic) bond motifs is 1. The Balaban J connectivity index is 1.82. The molecule has 1 aromatic carbocycles. The van der Waals surface area contributed by atoms with E-state index in [4.69, 9.17) is 0 Å². The van der Waals surface area contributed by atoms with Gasteiger partial charge in [0.15, 0.2) is 0 Å². The number of likely N-dealkylation sites (N-methyl/N-ethyl adjacent to an activating group) is 1. The molecule has 2 aromatic heterocycles. The molecule has 0 N–H and O–H groups in total. The van der Waals surface area contributed by atoms with Crippen molar-refractivity contribution in [2.75, 3.05) is 7.05 Å². The van der Waals surface area contributed by atoms with E-state index in [0.29, 0.717) is 13.0 Å². The predicted octanol–water partition coefficient (Wildman–Crippen LogP) is 2.79. The van der Waals surface area contributed by atoms with E-state index >= 15 is 0 Å². The molecular formula is C19H22N4O. The van der Waals surface area contributed by atoms with Gasteiger partial charge < -0.3 is 4.90 Å². The molecule has 2 heterocycles. The highest BCUT2D eigenvalue weighted by atomic mass is 16.2. The van der Waals surface area contributed by atoms with Gasteiger partial charge in [-0.05, 0) is 31.0 Å². The second-order valence-corrected chi connectivity index (χ2v) is 6.27. The number of pyridine rings is 1. The molecule has 1 amide bonds. The second-order valence-electron chi connectivity index (χ2n) is 6.27. The first kappa shape index (κ1) is 16.2. The summed E-state index contributed by atoms with van der Waals surface area (Å²) < 4.78 is 1.75. The number of hydrogen-bond donors (Lipinski definition) is 0. The van der Waals surface area contributed by atoms with Gasteiger partial charge in [0.05, 0.1) is 18.1 Å². The number of amides is 1. The smallest absolute Gasteiger partial charge is 0.227 e. The minimum absolute atomic E-state index is 0.0853. The molecule has 0 spiro atoms. The Kier molecular flexibility index (Phi) is 4.34. The zero-order valence-corrected chi connectivity index (χ0v) is 14.6. The van der Waals surface area contributed by atoms with E-state index in [0.717, 1.165) is 33.3 Å². The molecule has 0 atom stereocenters. The van der Waals surface area contributed by atoms with Crippen LogP contribution in [0.5, 0.6) is 0 Å². The molecular weight excluding hydrogens is 300 g/mol. The molecule has 3 rings (SSSR count). The zero-order valence-electron chi connectivity index (χ0n) is 14.6. The van der Waals surface area contributed by atoms with Gasteiger partial charge in [-0.1, -0.05) is 18.2 Å². The summed E-state index contributed by atoms with van der Waals surface area (Å²) in [6, 6.07) is 8.06. The van der Waals surface area contributed by atoms with Gasteiger partial charge in [0.25, 0.3) is 0 Å². The maximum Gasteiger partial charge on any atom is 0.227 e. The average molecular weight is 322 g/mol.